The Morgan fingerprint density at radius 1 is 1.18 bits per heavy atom. The molecule has 2 aliphatic rings. The maximum Gasteiger partial charge on any atom is 0.495 e. The minimum absolute atomic E-state index is 0.0606. The van der Waals surface area contributed by atoms with E-state index in [0.29, 0.717) is 34.6 Å². The summed E-state index contributed by atoms with van der Waals surface area (Å²) >= 11 is 0. The lowest BCUT2D eigenvalue weighted by atomic mass is 9.59. The topological polar surface area (TPSA) is 60.9 Å². The Labute approximate surface area is 203 Å². The van der Waals surface area contributed by atoms with Crippen molar-refractivity contribution in [2.24, 2.45) is 5.92 Å². The Bertz CT molecular complexity index is 1110. The summed E-state index contributed by atoms with van der Waals surface area (Å²) in [6.07, 6.45) is 1.68. The summed E-state index contributed by atoms with van der Waals surface area (Å²) in [4.78, 5) is 19.3. The fourth-order valence-corrected chi connectivity index (χ4v) is 4.31. The number of ether oxygens (including phenoxy) is 1. The third-order valence-electron chi connectivity index (χ3n) is 7.13. The number of nitrogens with zero attached hydrogens (tertiary/aromatic N) is 2. The lowest BCUT2D eigenvalue weighted by molar-refractivity contribution is 0.00578. The van der Waals surface area contributed by atoms with E-state index in [1.807, 2.05) is 57.2 Å². The van der Waals surface area contributed by atoms with Gasteiger partial charge in [-0.3, -0.25) is 9.78 Å². The molecule has 6 nitrogen and oxygen atoms in total. The summed E-state index contributed by atoms with van der Waals surface area (Å²) in [7, 11) is 3.14. The van der Waals surface area contributed by atoms with Crippen molar-refractivity contribution in [1.82, 2.24) is 9.88 Å². The number of amides is 1. The van der Waals surface area contributed by atoms with Crippen molar-refractivity contribution in [3.8, 4) is 5.75 Å². The van der Waals surface area contributed by atoms with Crippen molar-refractivity contribution in [3.63, 3.8) is 0 Å². The van der Waals surface area contributed by atoms with Crippen LogP contribution in [0.4, 0.5) is 4.39 Å². The van der Waals surface area contributed by atoms with Gasteiger partial charge in [0.15, 0.2) is 0 Å². The molecule has 2 aliphatic heterocycles. The van der Waals surface area contributed by atoms with Crippen LogP contribution < -0.4 is 10.2 Å². The molecule has 1 aromatic heterocycles. The highest BCUT2D eigenvalue weighted by molar-refractivity contribution is 6.62. The second-order valence-corrected chi connectivity index (χ2v) is 11.1. The molecule has 0 atom stereocenters. The summed E-state index contributed by atoms with van der Waals surface area (Å²) in [5.41, 5.74) is 1.03. The van der Waals surface area contributed by atoms with E-state index >= 15 is 4.39 Å². The molecular weight excluding hydrogens is 432 g/mol. The van der Waals surface area contributed by atoms with Crippen LogP contribution in [0.5, 0.6) is 5.75 Å². The molecule has 1 amide bonds. The van der Waals surface area contributed by atoms with Gasteiger partial charge in [-0.2, -0.15) is 0 Å². The summed E-state index contributed by atoms with van der Waals surface area (Å²) in [5, 5.41) is -0.681. The molecule has 0 unspecified atom stereocenters. The molecular formula is C24H32B3FN2O4. The lowest BCUT2D eigenvalue weighted by Crippen LogP contribution is -2.45. The molecule has 178 valence electrons. The van der Waals surface area contributed by atoms with E-state index in [1.165, 1.54) is 6.07 Å². The maximum atomic E-state index is 15.7. The second kappa shape index (κ2) is 8.42. The number of carbonyl (C=O) groups excluding carboxylic acids is 1. The van der Waals surface area contributed by atoms with Crippen LogP contribution in [-0.2, 0) is 21.2 Å². The smallest absolute Gasteiger partial charge is 0.493 e. The third kappa shape index (κ3) is 4.15. The van der Waals surface area contributed by atoms with E-state index in [1.54, 1.807) is 29.3 Å². The highest BCUT2D eigenvalue weighted by Gasteiger charge is 2.52. The first-order chi connectivity index (χ1) is 15.7. The molecule has 4 rings (SSSR count). The van der Waals surface area contributed by atoms with Crippen LogP contribution in [0.25, 0.3) is 0 Å². The molecule has 0 spiro atoms. The highest BCUT2D eigenvalue weighted by atomic mass is 19.1. The monoisotopic (exact) mass is 464 g/mol. The first-order valence-electron chi connectivity index (χ1n) is 11.8. The van der Waals surface area contributed by atoms with Gasteiger partial charge >= 0.3 is 7.12 Å². The number of halogens is 1. The molecule has 2 aromatic rings. The Balaban J connectivity index is 1.71. The van der Waals surface area contributed by atoms with Crippen LogP contribution in [0.3, 0.4) is 0 Å². The van der Waals surface area contributed by atoms with E-state index in [9.17, 15) is 4.79 Å². The second-order valence-electron chi connectivity index (χ2n) is 11.1. The molecule has 1 aromatic carbocycles. The zero-order valence-electron chi connectivity index (χ0n) is 21.4. The Hall–Kier alpha value is -2.32. The van der Waals surface area contributed by atoms with Crippen LogP contribution >= 0.6 is 0 Å². The van der Waals surface area contributed by atoms with Crippen molar-refractivity contribution in [1.29, 1.82) is 0 Å². The van der Waals surface area contributed by atoms with E-state index in [2.05, 4.69) is 4.98 Å². The minimum atomic E-state index is -0.715. The number of benzene rings is 1. The van der Waals surface area contributed by atoms with E-state index < -0.39 is 29.5 Å². The van der Waals surface area contributed by atoms with Gasteiger partial charge in [0.2, 0.25) is 0 Å². The number of fused-ring (bicyclic) bond motifs is 1. The molecule has 3 heterocycles. The van der Waals surface area contributed by atoms with Gasteiger partial charge in [-0.15, -0.1) is 0 Å². The van der Waals surface area contributed by atoms with Crippen molar-refractivity contribution in [2.45, 2.75) is 64.6 Å². The standard InChI is InChI=1S/C24H32B3FN2O4/c1-14(2)13-32-19-11-15(27-33-22(3,4)23(5,6)34-27)10-18(28)17(19)12-30-21(31)16-8-7-9-29-20(16)24(30,25)26/h7-11,14H,12-13,25-26H2,1-6H3. The number of pyridine rings is 1. The number of carbonyl (C=O) groups is 1. The van der Waals surface area contributed by atoms with Gasteiger partial charge in [0, 0.05) is 17.1 Å². The van der Waals surface area contributed by atoms with Gasteiger partial charge in [-0.25, -0.2) is 4.39 Å². The first-order valence-corrected chi connectivity index (χ1v) is 11.8. The number of hydrogen-bond acceptors (Lipinski definition) is 5. The maximum absolute atomic E-state index is 15.7. The van der Waals surface area contributed by atoms with Gasteiger partial charge in [0.05, 0.1) is 35.6 Å². The zero-order valence-corrected chi connectivity index (χ0v) is 21.4. The first kappa shape index (κ1) is 24.8. The summed E-state index contributed by atoms with van der Waals surface area (Å²) in [6, 6.07) is 6.72. The number of aromatic nitrogens is 1. The lowest BCUT2D eigenvalue weighted by Gasteiger charge is -2.33. The van der Waals surface area contributed by atoms with E-state index in [-0.39, 0.29) is 18.4 Å². The van der Waals surface area contributed by atoms with Crippen molar-refractivity contribution in [2.75, 3.05) is 6.61 Å². The molecule has 10 heteroatoms. The number of rotatable bonds is 6. The molecule has 0 N–H and O–H groups in total. The molecule has 0 aliphatic carbocycles. The summed E-state index contributed by atoms with van der Waals surface area (Å²) < 4.78 is 34.0. The Morgan fingerprint density at radius 3 is 2.41 bits per heavy atom. The highest BCUT2D eigenvalue weighted by Crippen LogP contribution is 2.38. The number of hydrogen-bond donors (Lipinski definition) is 0. The van der Waals surface area contributed by atoms with Crippen LogP contribution in [0.2, 0.25) is 0 Å². The third-order valence-corrected chi connectivity index (χ3v) is 7.13. The van der Waals surface area contributed by atoms with Gasteiger partial charge < -0.3 is 18.9 Å². The van der Waals surface area contributed by atoms with Crippen LogP contribution in [-0.4, -0.2) is 56.4 Å². The fourth-order valence-electron chi connectivity index (χ4n) is 4.31. The van der Waals surface area contributed by atoms with Gasteiger partial charge in [0.25, 0.3) is 5.91 Å². The predicted octanol–water partition coefficient (Wildman–Crippen LogP) is 1.59. The SMILES string of the molecule is BC1(B)c2ncccc2C(=O)N1Cc1c(F)cc(B2OC(C)(C)C(C)(C)O2)cc1OCC(C)C. The van der Waals surface area contributed by atoms with Crippen molar-refractivity contribution in [3.05, 3.63) is 53.1 Å². The Morgan fingerprint density at radius 2 is 1.82 bits per heavy atom. The Kier molecular flexibility index (Phi) is 6.14. The molecule has 0 saturated carbocycles. The van der Waals surface area contributed by atoms with E-state index in [0.717, 1.165) is 0 Å². The molecule has 34 heavy (non-hydrogen) atoms. The molecule has 1 saturated heterocycles. The normalized spacial score (nSPS) is 20.2. The van der Waals surface area contributed by atoms with Gasteiger partial charge in [-0.1, -0.05) is 13.8 Å². The average Bonchev–Trinajstić information content (AvgIpc) is 3.08. The van der Waals surface area contributed by atoms with Gasteiger partial charge in [0.1, 0.15) is 27.3 Å². The van der Waals surface area contributed by atoms with Crippen LogP contribution in [0, 0.1) is 11.7 Å². The fraction of sp³-hybridized carbons (Fsp3) is 0.500. The van der Waals surface area contributed by atoms with E-state index in [4.69, 9.17) is 14.0 Å². The van der Waals surface area contributed by atoms with Crippen molar-refractivity contribution < 1.29 is 23.2 Å². The molecule has 0 radical (unpaired) electrons. The average molecular weight is 464 g/mol. The molecule has 0 bridgehead atoms. The van der Waals surface area contributed by atoms with Crippen LogP contribution in [0.1, 0.15) is 63.2 Å². The van der Waals surface area contributed by atoms with Crippen molar-refractivity contribution >= 4 is 34.2 Å². The van der Waals surface area contributed by atoms with Gasteiger partial charge in [-0.05, 0) is 63.3 Å². The minimum Gasteiger partial charge on any atom is -0.493 e. The largest absolute Gasteiger partial charge is 0.495 e. The zero-order chi connectivity index (χ0) is 25.1. The van der Waals surface area contributed by atoms with Crippen LogP contribution in [0.15, 0.2) is 30.5 Å². The summed E-state index contributed by atoms with van der Waals surface area (Å²) in [5.74, 6) is 0.0106. The molecule has 1 fully saturated rings. The quantitative estimate of drug-likeness (QED) is 0.609. The predicted molar refractivity (Wildman–Crippen MR) is 135 cm³/mol. The summed E-state index contributed by atoms with van der Waals surface area (Å²) in [6.45, 7) is 12.4.